The number of hydrogen-bond acceptors (Lipinski definition) is 4. The lowest BCUT2D eigenvalue weighted by Crippen LogP contribution is -2.54. The predicted octanol–water partition coefficient (Wildman–Crippen LogP) is 1.47. The summed E-state index contributed by atoms with van der Waals surface area (Å²) >= 11 is 0. The smallest absolute Gasteiger partial charge is 0.272 e. The number of furan rings is 1. The highest BCUT2D eigenvalue weighted by Crippen LogP contribution is 2.34. The minimum absolute atomic E-state index is 0.0322. The summed E-state index contributed by atoms with van der Waals surface area (Å²) in [5.41, 5.74) is -1.88. The summed E-state index contributed by atoms with van der Waals surface area (Å²) in [6, 6.07) is 4.78. The molecular formula is C13H15F2NO3. The monoisotopic (exact) mass is 271 g/mol. The SMILES string of the molecule is CNC(CO)C(O)(c1ccc2occc2c1)C(F)F. The van der Waals surface area contributed by atoms with E-state index in [1.165, 1.54) is 31.5 Å². The first kappa shape index (κ1) is 13.9. The standard InChI is InChI=1S/C13H15F2NO3/c1-16-11(7-17)13(18,12(14)15)9-2-3-10-8(6-9)4-5-19-10/h2-6,11-12,16-18H,7H2,1H3. The molecule has 3 N–H and O–H groups in total. The third-order valence-corrected chi connectivity index (χ3v) is 3.31. The fraction of sp³-hybridized carbons (Fsp3) is 0.385. The van der Waals surface area contributed by atoms with Crippen molar-refractivity contribution in [1.29, 1.82) is 0 Å². The van der Waals surface area contributed by atoms with Crippen molar-refractivity contribution in [3.63, 3.8) is 0 Å². The Morgan fingerprint density at radius 2 is 2.11 bits per heavy atom. The van der Waals surface area contributed by atoms with Gasteiger partial charge in [-0.05, 0) is 30.8 Å². The fourth-order valence-electron chi connectivity index (χ4n) is 2.15. The van der Waals surface area contributed by atoms with Crippen molar-refractivity contribution in [2.24, 2.45) is 0 Å². The number of alkyl halides is 2. The minimum Gasteiger partial charge on any atom is -0.464 e. The number of nitrogens with one attached hydrogen (secondary N) is 1. The zero-order valence-electron chi connectivity index (χ0n) is 10.3. The van der Waals surface area contributed by atoms with Crippen LogP contribution in [0.5, 0.6) is 0 Å². The van der Waals surface area contributed by atoms with Crippen molar-refractivity contribution < 1.29 is 23.4 Å². The molecule has 2 unspecified atom stereocenters. The number of rotatable bonds is 5. The van der Waals surface area contributed by atoms with E-state index in [-0.39, 0.29) is 5.56 Å². The summed E-state index contributed by atoms with van der Waals surface area (Å²) in [5, 5.41) is 22.6. The van der Waals surface area contributed by atoms with Crippen LogP contribution in [-0.2, 0) is 5.60 Å². The Morgan fingerprint density at radius 1 is 1.37 bits per heavy atom. The third-order valence-electron chi connectivity index (χ3n) is 3.31. The molecule has 2 rings (SSSR count). The van der Waals surface area contributed by atoms with E-state index in [0.717, 1.165) is 0 Å². The Balaban J connectivity index is 2.53. The van der Waals surface area contributed by atoms with Crippen molar-refractivity contribution >= 4 is 11.0 Å². The van der Waals surface area contributed by atoms with Gasteiger partial charge >= 0.3 is 0 Å². The first-order valence-electron chi connectivity index (χ1n) is 5.80. The predicted molar refractivity (Wildman–Crippen MR) is 66.0 cm³/mol. The van der Waals surface area contributed by atoms with Gasteiger partial charge in [0.1, 0.15) is 5.58 Å². The molecule has 0 saturated heterocycles. The molecule has 1 aromatic carbocycles. The average Bonchev–Trinajstić information content (AvgIpc) is 2.86. The Hall–Kier alpha value is -1.50. The van der Waals surface area contributed by atoms with Crippen molar-refractivity contribution in [2.75, 3.05) is 13.7 Å². The largest absolute Gasteiger partial charge is 0.464 e. The second-order valence-corrected chi connectivity index (χ2v) is 4.32. The molecule has 19 heavy (non-hydrogen) atoms. The number of fused-ring (bicyclic) bond motifs is 1. The zero-order chi connectivity index (χ0) is 14.0. The quantitative estimate of drug-likeness (QED) is 0.770. The minimum atomic E-state index is -3.04. The molecule has 104 valence electrons. The Morgan fingerprint density at radius 3 is 2.68 bits per heavy atom. The van der Waals surface area contributed by atoms with E-state index in [1.54, 1.807) is 6.07 Å². The molecule has 0 radical (unpaired) electrons. The molecule has 0 spiro atoms. The van der Waals surface area contributed by atoms with Gasteiger partial charge in [0.15, 0.2) is 5.60 Å². The van der Waals surface area contributed by atoms with Crippen molar-refractivity contribution in [2.45, 2.75) is 18.1 Å². The summed E-state index contributed by atoms with van der Waals surface area (Å²) in [7, 11) is 1.41. The molecule has 0 aliphatic heterocycles. The lowest BCUT2D eigenvalue weighted by molar-refractivity contribution is -0.131. The molecule has 0 fully saturated rings. The number of hydrogen-bond donors (Lipinski definition) is 3. The van der Waals surface area contributed by atoms with E-state index in [4.69, 9.17) is 4.42 Å². The normalized spacial score (nSPS) is 16.7. The Bertz CT molecular complexity index is 554. The maximum Gasteiger partial charge on any atom is 0.272 e. The highest BCUT2D eigenvalue weighted by Gasteiger charge is 2.46. The summed E-state index contributed by atoms with van der Waals surface area (Å²) < 4.78 is 31.7. The molecule has 2 atom stereocenters. The third kappa shape index (κ3) is 2.22. The molecule has 0 bridgehead atoms. The van der Waals surface area contributed by atoms with Crippen LogP contribution in [0.2, 0.25) is 0 Å². The fourth-order valence-corrected chi connectivity index (χ4v) is 2.15. The van der Waals surface area contributed by atoms with E-state index in [9.17, 15) is 19.0 Å². The van der Waals surface area contributed by atoms with E-state index in [0.29, 0.717) is 11.0 Å². The summed E-state index contributed by atoms with van der Waals surface area (Å²) in [6.45, 7) is -0.610. The summed E-state index contributed by atoms with van der Waals surface area (Å²) in [5.74, 6) is 0. The van der Waals surface area contributed by atoms with Gasteiger partial charge in [0.2, 0.25) is 0 Å². The summed E-state index contributed by atoms with van der Waals surface area (Å²) in [6.07, 6.45) is -1.60. The van der Waals surface area contributed by atoms with Crippen molar-refractivity contribution in [1.82, 2.24) is 5.32 Å². The molecule has 1 heterocycles. The van der Waals surface area contributed by atoms with Crippen LogP contribution < -0.4 is 5.32 Å². The number of aliphatic hydroxyl groups excluding tert-OH is 1. The van der Waals surface area contributed by atoms with Crippen LogP contribution in [-0.4, -0.2) is 36.3 Å². The van der Waals surface area contributed by atoms with Gasteiger partial charge in [-0.1, -0.05) is 6.07 Å². The highest BCUT2D eigenvalue weighted by atomic mass is 19.3. The van der Waals surface area contributed by atoms with Gasteiger partial charge in [-0.3, -0.25) is 0 Å². The molecule has 1 aromatic heterocycles. The van der Waals surface area contributed by atoms with Gasteiger partial charge in [-0.2, -0.15) is 0 Å². The van der Waals surface area contributed by atoms with Gasteiger partial charge in [-0.25, -0.2) is 8.78 Å². The van der Waals surface area contributed by atoms with Crippen molar-refractivity contribution in [3.8, 4) is 0 Å². The number of halogens is 2. The first-order chi connectivity index (χ1) is 9.03. The van der Waals surface area contributed by atoms with Gasteiger partial charge in [0, 0.05) is 5.39 Å². The molecule has 2 aromatic rings. The second kappa shape index (κ2) is 5.24. The maximum absolute atomic E-state index is 13.3. The topological polar surface area (TPSA) is 65.6 Å². The number of likely N-dealkylation sites (N-methyl/N-ethyl adjacent to an activating group) is 1. The van der Waals surface area contributed by atoms with Gasteiger partial charge in [0.25, 0.3) is 6.43 Å². The zero-order valence-corrected chi connectivity index (χ0v) is 10.3. The van der Waals surface area contributed by atoms with E-state index in [2.05, 4.69) is 5.32 Å². The molecule has 4 nitrogen and oxygen atoms in total. The van der Waals surface area contributed by atoms with Crippen LogP contribution in [0.3, 0.4) is 0 Å². The maximum atomic E-state index is 13.3. The molecule has 0 aliphatic carbocycles. The number of aliphatic hydroxyl groups is 2. The van der Waals surface area contributed by atoms with E-state index >= 15 is 0 Å². The number of benzene rings is 1. The Labute approximate surface area is 108 Å². The first-order valence-corrected chi connectivity index (χ1v) is 5.80. The molecule has 6 heteroatoms. The lowest BCUT2D eigenvalue weighted by Gasteiger charge is -2.34. The van der Waals surface area contributed by atoms with Crippen LogP contribution in [0.15, 0.2) is 34.9 Å². The van der Waals surface area contributed by atoms with Crippen LogP contribution in [0, 0.1) is 0 Å². The van der Waals surface area contributed by atoms with Gasteiger partial charge < -0.3 is 19.9 Å². The molecule has 0 saturated carbocycles. The molecular weight excluding hydrogens is 256 g/mol. The average molecular weight is 271 g/mol. The van der Waals surface area contributed by atoms with Crippen LogP contribution >= 0.6 is 0 Å². The summed E-state index contributed by atoms with van der Waals surface area (Å²) in [4.78, 5) is 0. The van der Waals surface area contributed by atoms with E-state index < -0.39 is 24.7 Å². The van der Waals surface area contributed by atoms with Gasteiger partial charge in [0.05, 0.1) is 18.9 Å². The van der Waals surface area contributed by atoms with Gasteiger partial charge in [-0.15, -0.1) is 0 Å². The molecule has 0 amide bonds. The van der Waals surface area contributed by atoms with Crippen molar-refractivity contribution in [3.05, 3.63) is 36.1 Å². The Kier molecular flexibility index (Phi) is 3.84. The van der Waals surface area contributed by atoms with E-state index in [1.807, 2.05) is 0 Å². The second-order valence-electron chi connectivity index (χ2n) is 4.32. The van der Waals surface area contributed by atoms with Crippen LogP contribution in [0.1, 0.15) is 5.56 Å². The molecule has 0 aliphatic rings. The van der Waals surface area contributed by atoms with Crippen LogP contribution in [0.25, 0.3) is 11.0 Å². The van der Waals surface area contributed by atoms with Crippen LogP contribution in [0.4, 0.5) is 8.78 Å². The highest BCUT2D eigenvalue weighted by molar-refractivity contribution is 5.78. The lowest BCUT2D eigenvalue weighted by atomic mass is 9.86.